The van der Waals surface area contributed by atoms with Crippen molar-refractivity contribution >= 4 is 22.9 Å². The quantitative estimate of drug-likeness (QED) is 0.717. The second kappa shape index (κ2) is 3.57. The van der Waals surface area contributed by atoms with Gasteiger partial charge >= 0.3 is 0 Å². The summed E-state index contributed by atoms with van der Waals surface area (Å²) in [5.74, 6) is -2.50. The van der Waals surface area contributed by atoms with Crippen molar-refractivity contribution < 1.29 is 13.2 Å². The number of fused-ring (bicyclic) bond motifs is 1. The summed E-state index contributed by atoms with van der Waals surface area (Å²) in [5.41, 5.74) is 2.12. The zero-order valence-electron chi connectivity index (χ0n) is 7.33. The van der Waals surface area contributed by atoms with Gasteiger partial charge in [-0.25, -0.2) is 4.98 Å². The van der Waals surface area contributed by atoms with E-state index in [9.17, 15) is 8.78 Å². The maximum absolute atomic E-state index is 12.0. The van der Waals surface area contributed by atoms with E-state index in [2.05, 4.69) is 4.98 Å². The van der Waals surface area contributed by atoms with Crippen LogP contribution in [0.1, 0.15) is 5.56 Å². The van der Waals surface area contributed by atoms with Gasteiger partial charge in [-0.05, 0) is 18.6 Å². The minimum absolute atomic E-state index is 0.0179. The van der Waals surface area contributed by atoms with Crippen molar-refractivity contribution in [2.75, 3.05) is 0 Å². The molecule has 0 saturated heterocycles. The van der Waals surface area contributed by atoms with Crippen molar-refractivity contribution in [2.45, 2.75) is 17.9 Å². The van der Waals surface area contributed by atoms with E-state index in [0.29, 0.717) is 22.9 Å². The summed E-state index contributed by atoms with van der Waals surface area (Å²) in [5, 5.41) is 0.0179. The zero-order chi connectivity index (χ0) is 10.1. The fraction of sp³-hybridized carbons (Fsp3) is 0.222. The summed E-state index contributed by atoms with van der Waals surface area (Å²) in [6, 6.07) is 5.38. The van der Waals surface area contributed by atoms with Crippen LogP contribution in [0.15, 0.2) is 27.8 Å². The van der Waals surface area contributed by atoms with Gasteiger partial charge in [0.25, 0.3) is 11.0 Å². The summed E-state index contributed by atoms with van der Waals surface area (Å²) in [6.45, 7) is 1.86. The Morgan fingerprint density at radius 2 is 2.21 bits per heavy atom. The van der Waals surface area contributed by atoms with Crippen LogP contribution in [0.3, 0.4) is 0 Å². The first-order valence-electron chi connectivity index (χ1n) is 3.98. The van der Waals surface area contributed by atoms with Gasteiger partial charge in [-0.2, -0.15) is 8.78 Å². The second-order valence-electron chi connectivity index (χ2n) is 2.78. The van der Waals surface area contributed by atoms with Crippen LogP contribution in [0.25, 0.3) is 11.1 Å². The number of aryl methyl sites for hydroxylation is 1. The van der Waals surface area contributed by atoms with Crippen LogP contribution in [0.2, 0.25) is 0 Å². The third kappa shape index (κ3) is 1.72. The van der Waals surface area contributed by atoms with Gasteiger partial charge in [0.15, 0.2) is 5.58 Å². The number of oxazole rings is 1. The number of para-hydroxylation sites is 1. The Hall–Kier alpha value is -1.10. The lowest BCUT2D eigenvalue weighted by atomic mass is 10.2. The zero-order valence-corrected chi connectivity index (χ0v) is 8.15. The first-order chi connectivity index (χ1) is 6.66. The van der Waals surface area contributed by atoms with Crippen LogP contribution < -0.4 is 0 Å². The lowest BCUT2D eigenvalue weighted by Gasteiger charge is -1.89. The van der Waals surface area contributed by atoms with Crippen LogP contribution in [0, 0.1) is 6.92 Å². The number of hydrogen-bond acceptors (Lipinski definition) is 3. The third-order valence-electron chi connectivity index (χ3n) is 1.79. The average Bonchev–Trinajstić information content (AvgIpc) is 2.47. The molecule has 14 heavy (non-hydrogen) atoms. The molecule has 0 N–H and O–H groups in total. The molecule has 0 saturated carbocycles. The Bertz CT molecular complexity index is 455. The molecule has 0 radical (unpaired) electrons. The molecule has 0 unspecified atom stereocenters. The first-order valence-corrected chi connectivity index (χ1v) is 4.86. The summed E-state index contributed by atoms with van der Waals surface area (Å²) in [6.07, 6.45) is 0. The predicted octanol–water partition coefficient (Wildman–Crippen LogP) is 3.45. The largest absolute Gasteiger partial charge is 0.431 e. The highest BCUT2D eigenvalue weighted by Gasteiger charge is 2.12. The molecule has 2 nitrogen and oxygen atoms in total. The van der Waals surface area contributed by atoms with Crippen LogP contribution in [-0.2, 0) is 0 Å². The van der Waals surface area contributed by atoms with Gasteiger partial charge in [-0.1, -0.05) is 12.1 Å². The number of thioether (sulfide) groups is 1. The topological polar surface area (TPSA) is 26.0 Å². The van der Waals surface area contributed by atoms with E-state index in [1.807, 2.05) is 13.0 Å². The maximum atomic E-state index is 12.0. The number of rotatable bonds is 2. The molecule has 1 aromatic heterocycles. The van der Waals surface area contributed by atoms with Gasteiger partial charge in [0, 0.05) is 11.8 Å². The first kappa shape index (κ1) is 9.45. The lowest BCUT2D eigenvalue weighted by Crippen LogP contribution is -1.80. The Kier molecular flexibility index (Phi) is 2.41. The summed E-state index contributed by atoms with van der Waals surface area (Å²) < 4.78 is 29.2. The number of aromatic nitrogens is 1. The Morgan fingerprint density at radius 1 is 1.43 bits per heavy atom. The van der Waals surface area contributed by atoms with Gasteiger partial charge in [0.2, 0.25) is 0 Å². The van der Waals surface area contributed by atoms with E-state index in [0.717, 1.165) is 5.56 Å². The van der Waals surface area contributed by atoms with E-state index in [1.54, 1.807) is 12.1 Å². The number of benzene rings is 1. The summed E-state index contributed by atoms with van der Waals surface area (Å²) in [7, 11) is 0. The van der Waals surface area contributed by atoms with Gasteiger partial charge in [0.05, 0.1) is 0 Å². The van der Waals surface area contributed by atoms with Crippen molar-refractivity contribution in [3.05, 3.63) is 23.8 Å². The van der Waals surface area contributed by atoms with E-state index in [1.165, 1.54) is 0 Å². The molecule has 2 rings (SSSR count). The van der Waals surface area contributed by atoms with E-state index < -0.39 is 5.76 Å². The Balaban J connectivity index is 2.46. The molecule has 0 aliphatic rings. The molecule has 0 bridgehead atoms. The summed E-state index contributed by atoms with van der Waals surface area (Å²) in [4.78, 5) is 3.97. The lowest BCUT2D eigenvalue weighted by molar-refractivity contribution is 0.249. The molecule has 0 atom stereocenters. The molecule has 0 aliphatic carbocycles. The smallest absolute Gasteiger partial charge is 0.293 e. The fourth-order valence-electron chi connectivity index (χ4n) is 1.19. The molecule has 5 heteroatoms. The molecule has 0 fully saturated rings. The monoisotopic (exact) mass is 215 g/mol. The van der Waals surface area contributed by atoms with E-state index in [-0.39, 0.29) is 5.22 Å². The van der Waals surface area contributed by atoms with Crippen LogP contribution in [0.5, 0.6) is 0 Å². The van der Waals surface area contributed by atoms with Gasteiger partial charge in [-0.15, -0.1) is 0 Å². The Labute approximate surface area is 83.3 Å². The van der Waals surface area contributed by atoms with E-state index >= 15 is 0 Å². The van der Waals surface area contributed by atoms with Crippen LogP contribution in [0.4, 0.5) is 8.78 Å². The number of nitrogens with zero attached hydrogens (tertiary/aromatic N) is 1. The van der Waals surface area contributed by atoms with Crippen molar-refractivity contribution in [1.82, 2.24) is 4.98 Å². The molecule has 0 spiro atoms. The minimum atomic E-state index is -2.50. The highest BCUT2D eigenvalue weighted by atomic mass is 32.2. The SMILES string of the molecule is Cc1cccc2oc(SC(F)F)nc12. The van der Waals surface area contributed by atoms with Crippen LogP contribution >= 0.6 is 11.8 Å². The predicted molar refractivity (Wildman–Crippen MR) is 50.6 cm³/mol. The van der Waals surface area contributed by atoms with E-state index in [4.69, 9.17) is 4.42 Å². The number of halogens is 2. The Morgan fingerprint density at radius 3 is 2.86 bits per heavy atom. The molecule has 1 heterocycles. The van der Waals surface area contributed by atoms with Crippen molar-refractivity contribution in [1.29, 1.82) is 0 Å². The molecule has 0 aliphatic heterocycles. The normalized spacial score (nSPS) is 11.4. The molecule has 0 amide bonds. The standard InChI is InChI=1S/C9H7F2NOS/c1-5-3-2-4-6-7(5)12-9(13-6)14-8(10)11/h2-4,8H,1H3. The van der Waals surface area contributed by atoms with Crippen molar-refractivity contribution in [3.63, 3.8) is 0 Å². The highest BCUT2D eigenvalue weighted by Crippen LogP contribution is 2.28. The molecular formula is C9H7F2NOS. The van der Waals surface area contributed by atoms with Crippen molar-refractivity contribution in [3.8, 4) is 0 Å². The van der Waals surface area contributed by atoms with Crippen molar-refractivity contribution in [2.24, 2.45) is 0 Å². The van der Waals surface area contributed by atoms with Gasteiger partial charge in [-0.3, -0.25) is 0 Å². The molecular weight excluding hydrogens is 208 g/mol. The number of hydrogen-bond donors (Lipinski definition) is 0. The molecule has 1 aromatic carbocycles. The van der Waals surface area contributed by atoms with Gasteiger partial charge < -0.3 is 4.42 Å². The molecule has 2 aromatic rings. The summed E-state index contributed by atoms with van der Waals surface area (Å²) >= 11 is 0.322. The molecule has 74 valence electrons. The van der Waals surface area contributed by atoms with Gasteiger partial charge in [0.1, 0.15) is 5.52 Å². The fourth-order valence-corrected chi connectivity index (χ4v) is 1.63. The van der Waals surface area contributed by atoms with Crippen LogP contribution in [-0.4, -0.2) is 10.7 Å². The number of alkyl halides is 2. The third-order valence-corrected chi connectivity index (χ3v) is 2.35. The minimum Gasteiger partial charge on any atom is -0.431 e. The average molecular weight is 215 g/mol. The highest BCUT2D eigenvalue weighted by molar-refractivity contribution is 7.99. The maximum Gasteiger partial charge on any atom is 0.293 e. The second-order valence-corrected chi connectivity index (χ2v) is 3.72.